The summed E-state index contributed by atoms with van der Waals surface area (Å²) in [5, 5.41) is 0.435. The monoisotopic (exact) mass is 724 g/mol. The Bertz CT molecular complexity index is 1630. The number of ether oxygens (including phenoxy) is 1. The number of alkyl halides is 3. The van der Waals surface area contributed by atoms with Crippen molar-refractivity contribution in [1.82, 2.24) is 9.80 Å². The Morgan fingerprint density at radius 2 is 1.71 bits per heavy atom. The Balaban J connectivity index is 1.41. The first-order chi connectivity index (χ1) is 22.7. The molecule has 0 unspecified atom stereocenters. The maximum atomic E-state index is 13.9. The predicted octanol–water partition coefficient (Wildman–Crippen LogP) is 10.4. The van der Waals surface area contributed by atoms with E-state index in [1.54, 1.807) is 18.2 Å². The van der Waals surface area contributed by atoms with Crippen LogP contribution < -0.4 is 4.74 Å². The second kappa shape index (κ2) is 14.9. The average molecular weight is 726 g/mol. The van der Waals surface area contributed by atoms with Gasteiger partial charge in [0.1, 0.15) is 18.0 Å². The SMILES string of the molecule is CN(C[C@](CCCC1CCC2(CC1)SCc1ccccc12)(c1ccc(Cl)c(Cl)c1)N(C)C(=O)Oc1cccc(F)c1)C(=O)CC(F)(F)F. The van der Waals surface area contributed by atoms with Gasteiger partial charge in [0.2, 0.25) is 5.91 Å². The lowest BCUT2D eigenvalue weighted by molar-refractivity contribution is -0.161. The van der Waals surface area contributed by atoms with Gasteiger partial charge in [-0.15, -0.1) is 11.8 Å². The number of fused-ring (bicyclic) bond motifs is 2. The molecule has 12 heteroatoms. The van der Waals surface area contributed by atoms with Gasteiger partial charge in [-0.2, -0.15) is 13.2 Å². The number of rotatable bonds is 10. The number of carbonyl (C=O) groups is 2. The van der Waals surface area contributed by atoms with Crippen LogP contribution in [-0.4, -0.2) is 48.6 Å². The van der Waals surface area contributed by atoms with Gasteiger partial charge in [-0.25, -0.2) is 9.18 Å². The van der Waals surface area contributed by atoms with E-state index in [0.29, 0.717) is 17.9 Å². The fourth-order valence-electron chi connectivity index (χ4n) is 7.14. The van der Waals surface area contributed by atoms with E-state index in [9.17, 15) is 27.2 Å². The lowest BCUT2D eigenvalue weighted by Crippen LogP contribution is -2.55. The van der Waals surface area contributed by atoms with Gasteiger partial charge >= 0.3 is 12.3 Å². The van der Waals surface area contributed by atoms with Crippen LogP contribution in [0.25, 0.3) is 0 Å². The molecule has 0 saturated heterocycles. The summed E-state index contributed by atoms with van der Waals surface area (Å²) in [6.07, 6.45) is -1.36. The van der Waals surface area contributed by atoms with Crippen molar-refractivity contribution in [2.24, 2.45) is 5.92 Å². The molecule has 1 spiro atoms. The molecule has 1 aliphatic carbocycles. The number of likely N-dealkylation sites (N-methyl/N-ethyl adjacent to an activating group) is 2. The summed E-state index contributed by atoms with van der Waals surface area (Å²) in [5.74, 6) is -0.356. The summed E-state index contributed by atoms with van der Waals surface area (Å²) in [4.78, 5) is 28.8. The molecule has 2 amide bonds. The summed E-state index contributed by atoms with van der Waals surface area (Å²) in [5.41, 5.74) is 1.95. The highest BCUT2D eigenvalue weighted by atomic mass is 35.5. The standard InChI is InChI=1S/C36H38Cl2F4N2O3S/c1-43(32(45)21-36(40,41)42)23-34(26-12-13-30(37)31(38)19-26,44(2)33(46)47-28-10-5-9-27(39)20-28)16-6-7-24-14-17-35(18-15-24)29-11-4-3-8-25(29)22-48-35/h3-5,8-13,19-20,24H,6-7,14-18,21-23H2,1-2H3/t24?,34-,35?/m1/s1. The summed E-state index contributed by atoms with van der Waals surface area (Å²) < 4.78 is 59.5. The molecule has 0 radical (unpaired) electrons. The van der Waals surface area contributed by atoms with E-state index < -0.39 is 36.0 Å². The van der Waals surface area contributed by atoms with E-state index in [-0.39, 0.29) is 33.5 Å². The summed E-state index contributed by atoms with van der Waals surface area (Å²) in [6.45, 7) is -0.282. The van der Waals surface area contributed by atoms with Gasteiger partial charge in [0.15, 0.2) is 0 Å². The number of benzene rings is 3. The van der Waals surface area contributed by atoms with E-state index in [1.165, 1.54) is 48.3 Å². The van der Waals surface area contributed by atoms with Crippen molar-refractivity contribution in [3.8, 4) is 5.75 Å². The molecule has 5 nitrogen and oxygen atoms in total. The van der Waals surface area contributed by atoms with Crippen molar-refractivity contribution >= 4 is 47.0 Å². The first kappa shape index (κ1) is 36.3. The Morgan fingerprint density at radius 3 is 2.40 bits per heavy atom. The molecule has 0 N–H and O–H groups in total. The average Bonchev–Trinajstić information content (AvgIpc) is 3.39. The third kappa shape index (κ3) is 8.25. The Hall–Kier alpha value is -2.95. The lowest BCUT2D eigenvalue weighted by Gasteiger charge is -2.44. The lowest BCUT2D eigenvalue weighted by atomic mass is 9.74. The summed E-state index contributed by atoms with van der Waals surface area (Å²) in [7, 11) is 2.75. The van der Waals surface area contributed by atoms with Crippen LogP contribution in [0.5, 0.6) is 5.75 Å². The van der Waals surface area contributed by atoms with Crippen molar-refractivity contribution in [2.75, 3.05) is 20.6 Å². The number of amides is 2. The molecule has 3 aromatic rings. The molecule has 258 valence electrons. The molecule has 2 aliphatic rings. The van der Waals surface area contributed by atoms with E-state index in [2.05, 4.69) is 24.3 Å². The largest absolute Gasteiger partial charge is 0.415 e. The zero-order valence-electron chi connectivity index (χ0n) is 26.8. The highest BCUT2D eigenvalue weighted by molar-refractivity contribution is 7.99. The molecule has 1 atom stereocenters. The van der Waals surface area contributed by atoms with Crippen LogP contribution in [0.2, 0.25) is 10.0 Å². The second-order valence-electron chi connectivity index (χ2n) is 12.9. The van der Waals surface area contributed by atoms with Crippen LogP contribution in [0.1, 0.15) is 68.1 Å². The number of thioether (sulfide) groups is 1. The number of hydrogen-bond donors (Lipinski definition) is 0. The molecule has 3 aromatic carbocycles. The number of hydrogen-bond acceptors (Lipinski definition) is 4. The van der Waals surface area contributed by atoms with Gasteiger partial charge in [0, 0.05) is 37.2 Å². The van der Waals surface area contributed by atoms with Crippen LogP contribution in [-0.2, 0) is 20.8 Å². The van der Waals surface area contributed by atoms with Crippen LogP contribution >= 0.6 is 35.0 Å². The molecule has 1 aliphatic heterocycles. The molecule has 0 bridgehead atoms. The Morgan fingerprint density at radius 1 is 0.979 bits per heavy atom. The quantitative estimate of drug-likeness (QED) is 0.195. The van der Waals surface area contributed by atoms with Crippen LogP contribution in [0.4, 0.5) is 22.4 Å². The van der Waals surface area contributed by atoms with E-state index in [0.717, 1.165) is 48.8 Å². The zero-order valence-corrected chi connectivity index (χ0v) is 29.1. The smallest absolute Gasteiger partial charge is 0.410 e. The Labute approximate surface area is 292 Å². The van der Waals surface area contributed by atoms with Crippen molar-refractivity contribution in [3.05, 3.63) is 99.3 Å². The number of nitrogens with zero attached hydrogens (tertiary/aromatic N) is 2. The van der Waals surface area contributed by atoms with E-state index in [4.69, 9.17) is 27.9 Å². The molecular formula is C36H38Cl2F4N2O3S. The number of halogens is 6. The van der Waals surface area contributed by atoms with Crippen LogP contribution in [0.15, 0.2) is 66.7 Å². The zero-order chi connectivity index (χ0) is 34.7. The van der Waals surface area contributed by atoms with Gasteiger partial charge in [-0.05, 0) is 79.0 Å². The maximum absolute atomic E-state index is 13.9. The van der Waals surface area contributed by atoms with Gasteiger partial charge in [-0.3, -0.25) is 9.69 Å². The van der Waals surface area contributed by atoms with Gasteiger partial charge in [0.25, 0.3) is 0 Å². The third-order valence-corrected chi connectivity index (χ3v) is 12.2. The molecular weight excluding hydrogens is 687 g/mol. The fraction of sp³-hybridized carbons (Fsp3) is 0.444. The first-order valence-electron chi connectivity index (χ1n) is 15.9. The normalized spacial score (nSPS) is 20.2. The minimum absolute atomic E-state index is 0.0427. The minimum atomic E-state index is -4.71. The van der Waals surface area contributed by atoms with E-state index >= 15 is 0 Å². The number of carbonyl (C=O) groups excluding carboxylic acids is 2. The highest BCUT2D eigenvalue weighted by Crippen LogP contribution is 2.56. The van der Waals surface area contributed by atoms with Crippen molar-refractivity contribution in [2.45, 2.75) is 73.6 Å². The van der Waals surface area contributed by atoms with Gasteiger partial charge in [0.05, 0.1) is 15.6 Å². The Kier molecular flexibility index (Phi) is 11.3. The summed E-state index contributed by atoms with van der Waals surface area (Å²) in [6, 6.07) is 18.5. The minimum Gasteiger partial charge on any atom is -0.410 e. The highest BCUT2D eigenvalue weighted by Gasteiger charge is 2.45. The van der Waals surface area contributed by atoms with Crippen molar-refractivity contribution in [1.29, 1.82) is 0 Å². The van der Waals surface area contributed by atoms with Crippen molar-refractivity contribution < 1.29 is 31.9 Å². The molecule has 5 rings (SSSR count). The van der Waals surface area contributed by atoms with E-state index in [1.807, 2.05) is 11.8 Å². The molecule has 1 heterocycles. The van der Waals surface area contributed by atoms with Crippen LogP contribution in [0.3, 0.4) is 0 Å². The van der Waals surface area contributed by atoms with Crippen LogP contribution in [0, 0.1) is 11.7 Å². The summed E-state index contributed by atoms with van der Waals surface area (Å²) >= 11 is 14.7. The van der Waals surface area contributed by atoms with Crippen molar-refractivity contribution in [3.63, 3.8) is 0 Å². The van der Waals surface area contributed by atoms with Gasteiger partial charge < -0.3 is 9.64 Å². The molecule has 0 aromatic heterocycles. The second-order valence-corrected chi connectivity index (χ2v) is 15.0. The third-order valence-electron chi connectivity index (χ3n) is 9.78. The first-order valence-corrected chi connectivity index (χ1v) is 17.7. The predicted molar refractivity (Wildman–Crippen MR) is 182 cm³/mol. The molecule has 1 fully saturated rings. The maximum Gasteiger partial charge on any atom is 0.415 e. The fourth-order valence-corrected chi connectivity index (χ4v) is 9.00. The van der Waals surface area contributed by atoms with Gasteiger partial charge in [-0.1, -0.05) is 72.4 Å². The topological polar surface area (TPSA) is 49.9 Å². The molecule has 1 saturated carbocycles. The molecule has 48 heavy (non-hydrogen) atoms.